The fourth-order valence-corrected chi connectivity index (χ4v) is 1.76. The number of ether oxygens (including phenoxy) is 1. The van der Waals surface area contributed by atoms with Gasteiger partial charge in [0.15, 0.2) is 5.78 Å². The third-order valence-electron chi connectivity index (χ3n) is 2.77. The molecule has 6 heteroatoms. The minimum atomic E-state index is -2.94. The topological polar surface area (TPSA) is 26.3 Å². The van der Waals surface area contributed by atoms with Crippen molar-refractivity contribution in [3.05, 3.63) is 65.2 Å². The van der Waals surface area contributed by atoms with E-state index in [4.69, 9.17) is 0 Å². The molecule has 0 atom stereocenters. The Bertz CT molecular complexity index is 639. The number of ketones is 1. The van der Waals surface area contributed by atoms with Gasteiger partial charge in [-0.15, -0.1) is 0 Å². The van der Waals surface area contributed by atoms with E-state index in [-0.39, 0.29) is 23.3 Å². The number of alkyl halides is 2. The molecule has 0 saturated heterocycles. The second-order valence-electron chi connectivity index (χ2n) is 4.24. The first-order valence-electron chi connectivity index (χ1n) is 5.97. The molecule has 0 spiro atoms. The first kappa shape index (κ1) is 15.0. The van der Waals surface area contributed by atoms with Crippen molar-refractivity contribution in [1.29, 1.82) is 0 Å². The Morgan fingerprint density at radius 1 is 1.05 bits per heavy atom. The van der Waals surface area contributed by atoms with E-state index in [1.807, 2.05) is 0 Å². The lowest BCUT2D eigenvalue weighted by Crippen LogP contribution is -2.06. The second-order valence-corrected chi connectivity index (χ2v) is 4.24. The molecule has 2 nitrogen and oxygen atoms in total. The maximum absolute atomic E-state index is 13.4. The summed E-state index contributed by atoms with van der Waals surface area (Å²) in [4.78, 5) is 11.9. The Labute approximate surface area is 118 Å². The molecule has 0 aromatic heterocycles. The predicted octanol–water partition coefficient (Wildman–Crippen LogP) is 3.99. The van der Waals surface area contributed by atoms with Gasteiger partial charge in [0.1, 0.15) is 17.4 Å². The number of carbonyl (C=O) groups is 1. The molecule has 0 unspecified atom stereocenters. The summed E-state index contributed by atoms with van der Waals surface area (Å²) in [6.45, 7) is -2.94. The van der Waals surface area contributed by atoms with E-state index in [2.05, 4.69) is 4.74 Å². The molecule has 2 aromatic rings. The molecule has 0 radical (unpaired) electrons. The maximum atomic E-state index is 13.4. The molecule has 0 saturated carbocycles. The van der Waals surface area contributed by atoms with Gasteiger partial charge in [0.2, 0.25) is 0 Å². The van der Waals surface area contributed by atoms with Crippen LogP contribution >= 0.6 is 0 Å². The van der Waals surface area contributed by atoms with Crippen molar-refractivity contribution in [1.82, 2.24) is 0 Å². The zero-order chi connectivity index (χ0) is 15.4. The zero-order valence-corrected chi connectivity index (χ0v) is 10.7. The van der Waals surface area contributed by atoms with E-state index in [1.165, 1.54) is 30.3 Å². The average molecular weight is 298 g/mol. The normalized spacial score (nSPS) is 10.7. The number of hydrogen-bond acceptors (Lipinski definition) is 2. The molecule has 2 rings (SSSR count). The maximum Gasteiger partial charge on any atom is 0.387 e. The Kier molecular flexibility index (Phi) is 4.57. The van der Waals surface area contributed by atoms with E-state index in [1.54, 1.807) is 0 Å². The molecule has 0 heterocycles. The lowest BCUT2D eigenvalue weighted by atomic mass is 10.0. The van der Waals surface area contributed by atoms with Crippen molar-refractivity contribution < 1.29 is 27.1 Å². The van der Waals surface area contributed by atoms with Gasteiger partial charge in [0.25, 0.3) is 0 Å². The van der Waals surface area contributed by atoms with Crippen LogP contribution in [0.1, 0.15) is 15.9 Å². The van der Waals surface area contributed by atoms with E-state index < -0.39 is 24.0 Å². The second kappa shape index (κ2) is 6.39. The van der Waals surface area contributed by atoms with Crippen molar-refractivity contribution in [2.75, 3.05) is 0 Å². The van der Waals surface area contributed by atoms with Gasteiger partial charge < -0.3 is 4.74 Å². The third-order valence-corrected chi connectivity index (χ3v) is 2.77. The number of hydrogen-bond donors (Lipinski definition) is 0. The van der Waals surface area contributed by atoms with Crippen LogP contribution in [-0.2, 0) is 6.42 Å². The highest BCUT2D eigenvalue weighted by Gasteiger charge is 2.12. The van der Waals surface area contributed by atoms with Gasteiger partial charge in [-0.05, 0) is 35.9 Å². The standard InChI is InChI=1S/C15H10F4O2/c16-11-4-1-10(13(17)8-11)7-14(20)9-2-5-12(6-3-9)21-15(18)19/h1-6,8,15H,7H2. The van der Waals surface area contributed by atoms with Crippen LogP contribution in [0.4, 0.5) is 17.6 Å². The Hall–Kier alpha value is -2.37. The van der Waals surface area contributed by atoms with Crippen LogP contribution < -0.4 is 4.74 Å². The molecule has 0 aliphatic rings. The molecule has 0 bridgehead atoms. The quantitative estimate of drug-likeness (QED) is 0.616. The van der Waals surface area contributed by atoms with E-state index >= 15 is 0 Å². The van der Waals surface area contributed by atoms with Crippen LogP contribution in [0.25, 0.3) is 0 Å². The third kappa shape index (κ3) is 4.05. The average Bonchev–Trinajstić information content (AvgIpc) is 2.42. The minimum Gasteiger partial charge on any atom is -0.435 e. The van der Waals surface area contributed by atoms with E-state index in [9.17, 15) is 22.4 Å². The van der Waals surface area contributed by atoms with Gasteiger partial charge >= 0.3 is 6.61 Å². The monoisotopic (exact) mass is 298 g/mol. The summed E-state index contributed by atoms with van der Waals surface area (Å²) in [6, 6.07) is 8.01. The van der Waals surface area contributed by atoms with E-state index in [0.29, 0.717) is 6.07 Å². The summed E-state index contributed by atoms with van der Waals surface area (Å²) in [6.07, 6.45) is -0.249. The molecule has 110 valence electrons. The molecular weight excluding hydrogens is 288 g/mol. The van der Waals surface area contributed by atoms with Crippen LogP contribution in [0.5, 0.6) is 5.75 Å². The van der Waals surface area contributed by atoms with Crippen LogP contribution in [0, 0.1) is 11.6 Å². The fourth-order valence-electron chi connectivity index (χ4n) is 1.76. The number of carbonyl (C=O) groups excluding carboxylic acids is 1. The summed E-state index contributed by atoms with van der Waals surface area (Å²) in [5, 5.41) is 0. The highest BCUT2D eigenvalue weighted by Crippen LogP contribution is 2.17. The molecule has 0 aliphatic carbocycles. The van der Waals surface area contributed by atoms with Crippen LogP contribution in [0.2, 0.25) is 0 Å². The lowest BCUT2D eigenvalue weighted by Gasteiger charge is -2.06. The van der Waals surface area contributed by atoms with Gasteiger partial charge in [-0.1, -0.05) is 6.07 Å². The first-order valence-corrected chi connectivity index (χ1v) is 5.97. The minimum absolute atomic E-state index is 0.0642. The summed E-state index contributed by atoms with van der Waals surface area (Å²) >= 11 is 0. The molecular formula is C15H10F4O2. The molecule has 2 aromatic carbocycles. The highest BCUT2D eigenvalue weighted by atomic mass is 19.3. The van der Waals surface area contributed by atoms with Gasteiger partial charge in [0.05, 0.1) is 0 Å². The number of benzene rings is 2. The summed E-state index contributed by atoms with van der Waals surface area (Å²) < 4.78 is 54.3. The van der Waals surface area contributed by atoms with Crippen molar-refractivity contribution in [2.45, 2.75) is 13.0 Å². The van der Waals surface area contributed by atoms with Gasteiger partial charge in [0, 0.05) is 18.1 Å². The van der Waals surface area contributed by atoms with Crippen LogP contribution in [-0.4, -0.2) is 12.4 Å². The lowest BCUT2D eigenvalue weighted by molar-refractivity contribution is -0.0498. The number of rotatable bonds is 5. The summed E-state index contributed by atoms with van der Waals surface area (Å²) in [7, 11) is 0. The van der Waals surface area contributed by atoms with Gasteiger partial charge in [-0.3, -0.25) is 4.79 Å². The number of Topliss-reactive ketones (excluding diaryl/α,β-unsaturated/α-hetero) is 1. The molecule has 0 fully saturated rings. The van der Waals surface area contributed by atoms with Crippen LogP contribution in [0.15, 0.2) is 42.5 Å². The first-order chi connectivity index (χ1) is 9.95. The Balaban J connectivity index is 2.09. The fraction of sp³-hybridized carbons (Fsp3) is 0.133. The van der Waals surface area contributed by atoms with Crippen molar-refractivity contribution in [2.24, 2.45) is 0 Å². The molecule has 21 heavy (non-hydrogen) atoms. The number of halogens is 4. The zero-order valence-electron chi connectivity index (χ0n) is 10.7. The molecule has 0 N–H and O–H groups in total. The van der Waals surface area contributed by atoms with Crippen LogP contribution in [0.3, 0.4) is 0 Å². The SMILES string of the molecule is O=C(Cc1ccc(F)cc1F)c1ccc(OC(F)F)cc1. The highest BCUT2D eigenvalue weighted by molar-refractivity contribution is 5.97. The predicted molar refractivity (Wildman–Crippen MR) is 67.5 cm³/mol. The van der Waals surface area contributed by atoms with Crippen molar-refractivity contribution in [3.8, 4) is 5.75 Å². The largest absolute Gasteiger partial charge is 0.435 e. The Morgan fingerprint density at radius 2 is 1.71 bits per heavy atom. The van der Waals surface area contributed by atoms with Crippen molar-refractivity contribution in [3.63, 3.8) is 0 Å². The summed E-state index contributed by atoms with van der Waals surface area (Å²) in [5.41, 5.74) is 0.287. The van der Waals surface area contributed by atoms with E-state index in [0.717, 1.165) is 6.07 Å². The van der Waals surface area contributed by atoms with Gasteiger partial charge in [-0.25, -0.2) is 8.78 Å². The van der Waals surface area contributed by atoms with Gasteiger partial charge in [-0.2, -0.15) is 8.78 Å². The van der Waals surface area contributed by atoms with Crippen molar-refractivity contribution >= 4 is 5.78 Å². The Morgan fingerprint density at radius 3 is 2.29 bits per heavy atom. The summed E-state index contributed by atoms with van der Waals surface area (Å²) in [5.74, 6) is -2.02. The molecule has 0 aliphatic heterocycles. The molecule has 0 amide bonds. The smallest absolute Gasteiger partial charge is 0.387 e.